The first kappa shape index (κ1) is 23.4. The maximum Gasteiger partial charge on any atom is 0.418 e. The molecule has 1 aliphatic rings. The number of benzene rings is 1. The monoisotopic (exact) mass is 499 g/mol. The quantitative estimate of drug-likeness (QED) is 0.429. The number of fused-ring (bicyclic) bond motifs is 1. The van der Waals surface area contributed by atoms with Crippen molar-refractivity contribution in [3.8, 4) is 17.1 Å². The number of aromatic nitrogens is 4. The number of pyridine rings is 1. The molecule has 186 valence electrons. The number of halogens is 3. The molecule has 0 saturated carbocycles. The first-order valence-electron chi connectivity index (χ1n) is 10.8. The molecule has 4 aromatic rings. The average molecular weight is 499 g/mol. The lowest BCUT2D eigenvalue weighted by Gasteiger charge is -2.23. The van der Waals surface area contributed by atoms with Crippen LogP contribution in [-0.4, -0.2) is 44.4 Å². The minimum Gasteiger partial charge on any atom is -0.480 e. The van der Waals surface area contributed by atoms with Crippen LogP contribution >= 0.6 is 0 Å². The van der Waals surface area contributed by atoms with E-state index in [0.29, 0.717) is 13.0 Å². The minimum atomic E-state index is -4.70. The van der Waals surface area contributed by atoms with E-state index in [-0.39, 0.29) is 40.2 Å². The van der Waals surface area contributed by atoms with Crippen LogP contribution in [0.25, 0.3) is 16.8 Å². The van der Waals surface area contributed by atoms with Crippen LogP contribution in [0, 0.1) is 0 Å². The molecule has 0 bridgehead atoms. The number of nitrogen functional groups attached to an aromatic ring is 1. The summed E-state index contributed by atoms with van der Waals surface area (Å²) in [5, 5.41) is 7.86. The SMILES string of the molecule is COc1ncc(-c2cc(C(F)(F)F)c3c(N)ncnn23)cc1NC(=O)N1OCC[C@H]1c1ccccc1. The molecular formula is C23H20F3N7O3. The topological polar surface area (TPSA) is 120 Å². The molecule has 10 nitrogen and oxygen atoms in total. The zero-order chi connectivity index (χ0) is 25.4. The fourth-order valence-corrected chi connectivity index (χ4v) is 4.15. The number of ether oxygens (including phenoxy) is 1. The Hall–Kier alpha value is -4.39. The second-order valence-electron chi connectivity index (χ2n) is 7.93. The van der Waals surface area contributed by atoms with Gasteiger partial charge in [0.25, 0.3) is 0 Å². The molecule has 5 rings (SSSR count). The number of hydrogen-bond acceptors (Lipinski definition) is 7. The maximum atomic E-state index is 13.7. The van der Waals surface area contributed by atoms with Crippen LogP contribution in [0.15, 0.2) is 55.0 Å². The molecule has 4 heterocycles. The number of rotatable bonds is 4. The highest BCUT2D eigenvalue weighted by atomic mass is 19.4. The summed E-state index contributed by atoms with van der Waals surface area (Å²) in [5.41, 5.74) is 5.68. The first-order chi connectivity index (χ1) is 17.3. The van der Waals surface area contributed by atoms with E-state index in [1.165, 1.54) is 24.4 Å². The van der Waals surface area contributed by atoms with Crippen molar-refractivity contribution < 1.29 is 27.5 Å². The van der Waals surface area contributed by atoms with E-state index in [1.54, 1.807) is 0 Å². The molecule has 0 spiro atoms. The molecule has 3 N–H and O–H groups in total. The number of carbonyl (C=O) groups excluding carboxylic acids is 1. The number of carbonyl (C=O) groups is 1. The maximum absolute atomic E-state index is 13.7. The Bertz CT molecular complexity index is 1430. The number of urea groups is 1. The molecule has 3 aromatic heterocycles. The van der Waals surface area contributed by atoms with Gasteiger partial charge in [0.15, 0.2) is 5.82 Å². The summed E-state index contributed by atoms with van der Waals surface area (Å²) in [6.45, 7) is 0.347. The fraction of sp³-hybridized carbons (Fsp3) is 0.217. The van der Waals surface area contributed by atoms with E-state index in [1.807, 2.05) is 30.3 Å². The molecule has 0 radical (unpaired) electrons. The van der Waals surface area contributed by atoms with Gasteiger partial charge < -0.3 is 15.8 Å². The molecule has 1 saturated heterocycles. The van der Waals surface area contributed by atoms with Crippen LogP contribution in [0.4, 0.5) is 29.5 Å². The van der Waals surface area contributed by atoms with Crippen molar-refractivity contribution in [1.29, 1.82) is 0 Å². The van der Waals surface area contributed by atoms with Crippen LogP contribution in [-0.2, 0) is 11.0 Å². The molecule has 1 aromatic carbocycles. The zero-order valence-electron chi connectivity index (χ0n) is 18.9. The molecule has 2 amide bonds. The van der Waals surface area contributed by atoms with Gasteiger partial charge in [-0.05, 0) is 17.7 Å². The van der Waals surface area contributed by atoms with Gasteiger partial charge in [0.05, 0.1) is 31.0 Å². The van der Waals surface area contributed by atoms with Crippen LogP contribution in [0.1, 0.15) is 23.6 Å². The molecule has 1 fully saturated rings. The summed E-state index contributed by atoms with van der Waals surface area (Å²) >= 11 is 0. The number of alkyl halides is 3. The van der Waals surface area contributed by atoms with E-state index in [0.717, 1.165) is 22.5 Å². The predicted octanol–water partition coefficient (Wildman–Crippen LogP) is 4.31. The number of nitrogens with zero attached hydrogens (tertiary/aromatic N) is 5. The summed E-state index contributed by atoms with van der Waals surface area (Å²) in [6.07, 6.45) is -1.73. The highest BCUT2D eigenvalue weighted by Gasteiger charge is 2.37. The predicted molar refractivity (Wildman–Crippen MR) is 123 cm³/mol. The summed E-state index contributed by atoms with van der Waals surface area (Å²) in [6, 6.07) is 10.9. The van der Waals surface area contributed by atoms with Crippen molar-refractivity contribution in [2.45, 2.75) is 18.6 Å². The van der Waals surface area contributed by atoms with Gasteiger partial charge >= 0.3 is 12.2 Å². The van der Waals surface area contributed by atoms with Crippen molar-refractivity contribution in [3.05, 3.63) is 66.1 Å². The Morgan fingerprint density at radius 3 is 2.72 bits per heavy atom. The minimum absolute atomic E-state index is 0.0525. The smallest absolute Gasteiger partial charge is 0.418 e. The fourth-order valence-electron chi connectivity index (χ4n) is 4.15. The molecule has 0 aliphatic carbocycles. The summed E-state index contributed by atoms with van der Waals surface area (Å²) in [7, 11) is 1.36. The van der Waals surface area contributed by atoms with Crippen molar-refractivity contribution in [2.24, 2.45) is 0 Å². The van der Waals surface area contributed by atoms with Gasteiger partial charge in [-0.2, -0.15) is 23.3 Å². The summed E-state index contributed by atoms with van der Waals surface area (Å²) in [4.78, 5) is 26.5. The van der Waals surface area contributed by atoms with E-state index in [4.69, 9.17) is 15.3 Å². The average Bonchev–Trinajstić information content (AvgIpc) is 3.51. The van der Waals surface area contributed by atoms with Crippen molar-refractivity contribution in [1.82, 2.24) is 24.6 Å². The second kappa shape index (κ2) is 9.00. The third-order valence-electron chi connectivity index (χ3n) is 5.76. The third kappa shape index (κ3) is 4.13. The van der Waals surface area contributed by atoms with Gasteiger partial charge in [0, 0.05) is 18.2 Å². The highest BCUT2D eigenvalue weighted by Crippen LogP contribution is 2.39. The standard InChI is InChI=1S/C23H20F3N7O3/c1-35-21-16(31-22(34)33-17(7-8-36-33)13-5-3-2-4-6-13)9-14(11-28-21)18-10-15(23(24,25)26)19-20(27)29-12-30-32(18)19/h2-6,9-12,17H,7-8H2,1H3,(H,31,34)(H2,27,29,30)/t17-/m0/s1. The molecule has 13 heteroatoms. The van der Waals surface area contributed by atoms with Crippen molar-refractivity contribution in [3.63, 3.8) is 0 Å². The van der Waals surface area contributed by atoms with Gasteiger partial charge in [-0.25, -0.2) is 19.3 Å². The van der Waals surface area contributed by atoms with Gasteiger partial charge in [-0.3, -0.25) is 4.84 Å². The Kier molecular flexibility index (Phi) is 5.84. The number of hydroxylamine groups is 2. The van der Waals surface area contributed by atoms with Crippen LogP contribution in [0.5, 0.6) is 5.88 Å². The van der Waals surface area contributed by atoms with Crippen LogP contribution in [0.2, 0.25) is 0 Å². The van der Waals surface area contributed by atoms with E-state index < -0.39 is 17.8 Å². The van der Waals surface area contributed by atoms with Gasteiger partial charge in [0.1, 0.15) is 17.5 Å². The number of nitrogens with two attached hydrogens (primary N) is 1. The van der Waals surface area contributed by atoms with Gasteiger partial charge in [-0.15, -0.1) is 0 Å². The van der Waals surface area contributed by atoms with Crippen LogP contribution < -0.4 is 15.8 Å². The Labute approximate surface area is 202 Å². The molecule has 1 atom stereocenters. The van der Waals surface area contributed by atoms with Crippen molar-refractivity contribution in [2.75, 3.05) is 24.8 Å². The zero-order valence-corrected chi connectivity index (χ0v) is 18.9. The third-order valence-corrected chi connectivity index (χ3v) is 5.76. The van der Waals surface area contributed by atoms with Gasteiger partial charge in [0.2, 0.25) is 5.88 Å². The number of hydrogen-bond donors (Lipinski definition) is 2. The largest absolute Gasteiger partial charge is 0.480 e. The molecular weight excluding hydrogens is 479 g/mol. The lowest BCUT2D eigenvalue weighted by molar-refractivity contribution is -0.136. The Balaban J connectivity index is 1.52. The number of anilines is 2. The van der Waals surface area contributed by atoms with Gasteiger partial charge in [-0.1, -0.05) is 30.3 Å². The molecule has 1 aliphatic heterocycles. The second-order valence-corrected chi connectivity index (χ2v) is 7.93. The van der Waals surface area contributed by atoms with E-state index in [2.05, 4.69) is 20.4 Å². The summed E-state index contributed by atoms with van der Waals surface area (Å²) < 4.78 is 47.4. The first-order valence-corrected chi connectivity index (χ1v) is 10.8. The molecule has 36 heavy (non-hydrogen) atoms. The van der Waals surface area contributed by atoms with Crippen LogP contribution in [0.3, 0.4) is 0 Å². The highest BCUT2D eigenvalue weighted by molar-refractivity contribution is 5.91. The van der Waals surface area contributed by atoms with E-state index >= 15 is 0 Å². The number of methoxy groups -OCH3 is 1. The Morgan fingerprint density at radius 1 is 1.22 bits per heavy atom. The normalized spacial score (nSPS) is 15.9. The lowest BCUT2D eigenvalue weighted by atomic mass is 10.1. The number of amides is 2. The molecule has 0 unspecified atom stereocenters. The Morgan fingerprint density at radius 2 is 2.00 bits per heavy atom. The summed E-state index contributed by atoms with van der Waals surface area (Å²) in [5.74, 6) is -0.259. The van der Waals surface area contributed by atoms with E-state index in [9.17, 15) is 18.0 Å². The number of nitrogens with one attached hydrogen (secondary N) is 1. The van der Waals surface area contributed by atoms with Crippen molar-refractivity contribution >= 4 is 23.1 Å². The lowest BCUT2D eigenvalue weighted by Crippen LogP contribution is -2.33.